The Morgan fingerprint density at radius 2 is 1.72 bits per heavy atom. The number of amides is 1. The van der Waals surface area contributed by atoms with E-state index in [-0.39, 0.29) is 23.7 Å². The lowest BCUT2D eigenvalue weighted by molar-refractivity contribution is -0.129. The smallest absolute Gasteiger partial charge is 0.232 e. The minimum atomic E-state index is 0. The summed E-state index contributed by atoms with van der Waals surface area (Å²) in [4.78, 5) is 15.7. The molecule has 0 radical (unpaired) electrons. The molecule has 0 aliphatic carbocycles. The van der Waals surface area contributed by atoms with Crippen LogP contribution >= 0.6 is 24.2 Å². The van der Waals surface area contributed by atoms with E-state index in [0.717, 1.165) is 12.8 Å². The fourth-order valence-electron chi connectivity index (χ4n) is 3.85. The van der Waals surface area contributed by atoms with Crippen LogP contribution in [0.1, 0.15) is 52.0 Å². The van der Waals surface area contributed by atoms with Gasteiger partial charge in [0.05, 0.1) is 5.75 Å². The summed E-state index contributed by atoms with van der Waals surface area (Å²) in [6.07, 6.45) is 4.78. The Bertz CT molecular complexity index is 572. The summed E-state index contributed by atoms with van der Waals surface area (Å²) in [6.45, 7) is 6.67. The average molecular weight is 383 g/mol. The van der Waals surface area contributed by atoms with E-state index >= 15 is 0 Å². The Labute approximate surface area is 162 Å². The lowest BCUT2D eigenvalue weighted by Gasteiger charge is -2.35. The SMILES string of the molecule is CN(C(=O)CSc1ccc(C(C)(C)C)cc1)C1CC2CCC(C1)N2.Cl. The second-order valence-corrected chi connectivity index (χ2v) is 9.38. The number of halogens is 1. The summed E-state index contributed by atoms with van der Waals surface area (Å²) in [5, 5.41) is 3.65. The van der Waals surface area contributed by atoms with Crippen LogP contribution in [-0.4, -0.2) is 41.7 Å². The van der Waals surface area contributed by atoms with Gasteiger partial charge in [0, 0.05) is 30.1 Å². The molecule has 3 rings (SSSR count). The number of rotatable bonds is 4. The maximum absolute atomic E-state index is 12.6. The van der Waals surface area contributed by atoms with Crippen LogP contribution in [0.5, 0.6) is 0 Å². The third kappa shape index (κ3) is 5.15. The largest absolute Gasteiger partial charge is 0.342 e. The van der Waals surface area contributed by atoms with E-state index in [4.69, 9.17) is 0 Å². The minimum absolute atomic E-state index is 0. The Kier molecular flexibility index (Phi) is 6.86. The molecule has 2 unspecified atom stereocenters. The quantitative estimate of drug-likeness (QED) is 0.790. The van der Waals surface area contributed by atoms with Gasteiger partial charge in [0.1, 0.15) is 0 Å². The zero-order valence-electron chi connectivity index (χ0n) is 15.7. The number of nitrogens with zero attached hydrogens (tertiary/aromatic N) is 1. The molecule has 1 amide bonds. The monoisotopic (exact) mass is 382 g/mol. The van der Waals surface area contributed by atoms with Crippen LogP contribution in [0.4, 0.5) is 0 Å². The summed E-state index contributed by atoms with van der Waals surface area (Å²) < 4.78 is 0. The summed E-state index contributed by atoms with van der Waals surface area (Å²) in [5.74, 6) is 0.788. The molecule has 0 aromatic heterocycles. The Morgan fingerprint density at radius 3 is 2.24 bits per heavy atom. The molecule has 2 atom stereocenters. The van der Waals surface area contributed by atoms with Gasteiger partial charge < -0.3 is 10.2 Å². The van der Waals surface area contributed by atoms with E-state index in [1.165, 1.54) is 23.3 Å². The average Bonchev–Trinajstić information content (AvgIpc) is 2.89. The second kappa shape index (κ2) is 8.32. The molecule has 2 bridgehead atoms. The highest BCUT2D eigenvalue weighted by atomic mass is 35.5. The molecule has 25 heavy (non-hydrogen) atoms. The van der Waals surface area contributed by atoms with Gasteiger partial charge in [-0.25, -0.2) is 0 Å². The van der Waals surface area contributed by atoms with Crippen molar-refractivity contribution in [1.82, 2.24) is 10.2 Å². The van der Waals surface area contributed by atoms with Crippen molar-refractivity contribution in [3.63, 3.8) is 0 Å². The topological polar surface area (TPSA) is 32.3 Å². The maximum atomic E-state index is 12.6. The fraction of sp³-hybridized carbons (Fsp3) is 0.650. The van der Waals surface area contributed by atoms with Crippen molar-refractivity contribution in [3.05, 3.63) is 29.8 Å². The predicted octanol–water partition coefficient (Wildman–Crippen LogP) is 4.24. The van der Waals surface area contributed by atoms with E-state index in [1.807, 2.05) is 11.9 Å². The third-order valence-electron chi connectivity index (χ3n) is 5.47. The lowest BCUT2D eigenvalue weighted by atomic mass is 9.87. The van der Waals surface area contributed by atoms with E-state index in [9.17, 15) is 4.79 Å². The molecule has 0 spiro atoms. The molecule has 2 fully saturated rings. The highest BCUT2D eigenvalue weighted by Gasteiger charge is 2.36. The molecule has 2 saturated heterocycles. The number of hydrogen-bond donors (Lipinski definition) is 1. The normalized spacial score (nSPS) is 25.4. The minimum Gasteiger partial charge on any atom is -0.342 e. The molecule has 140 valence electrons. The number of benzene rings is 1. The standard InChI is InChI=1S/C20H30N2OS.ClH/c1-20(2,3)14-5-9-18(10-6-14)24-13-19(23)22(4)17-11-15-7-8-16(12-17)21-15;/h5-6,9-10,15-17,21H,7-8,11-13H2,1-4H3;1H. The van der Waals surface area contributed by atoms with Gasteiger partial charge in [-0.15, -0.1) is 24.2 Å². The van der Waals surface area contributed by atoms with Crippen molar-refractivity contribution in [2.24, 2.45) is 0 Å². The number of nitrogens with one attached hydrogen (secondary N) is 1. The van der Waals surface area contributed by atoms with Gasteiger partial charge in [-0.1, -0.05) is 32.9 Å². The van der Waals surface area contributed by atoms with Crippen LogP contribution in [-0.2, 0) is 10.2 Å². The number of carbonyl (C=O) groups excluding carboxylic acids is 1. The lowest BCUT2D eigenvalue weighted by Crippen LogP contribution is -2.49. The first-order chi connectivity index (χ1) is 11.3. The van der Waals surface area contributed by atoms with E-state index < -0.39 is 0 Å². The summed E-state index contributed by atoms with van der Waals surface area (Å²) >= 11 is 1.65. The van der Waals surface area contributed by atoms with Crippen LogP contribution in [0.2, 0.25) is 0 Å². The first-order valence-corrected chi connectivity index (χ1v) is 10.1. The van der Waals surface area contributed by atoms with Crippen molar-refractivity contribution < 1.29 is 4.79 Å². The first kappa shape index (κ1) is 20.6. The van der Waals surface area contributed by atoms with Gasteiger partial charge in [0.25, 0.3) is 0 Å². The van der Waals surface area contributed by atoms with Crippen molar-refractivity contribution in [1.29, 1.82) is 0 Å². The predicted molar refractivity (Wildman–Crippen MR) is 109 cm³/mol. The van der Waals surface area contributed by atoms with Crippen LogP contribution in [0, 0.1) is 0 Å². The molecular weight excluding hydrogens is 352 g/mol. The number of hydrogen-bond acceptors (Lipinski definition) is 3. The molecule has 0 saturated carbocycles. The summed E-state index contributed by atoms with van der Waals surface area (Å²) in [6, 6.07) is 10.3. The number of piperidine rings is 1. The molecule has 2 heterocycles. The van der Waals surface area contributed by atoms with Gasteiger partial charge in [0.2, 0.25) is 5.91 Å². The second-order valence-electron chi connectivity index (χ2n) is 8.33. The number of fused-ring (bicyclic) bond motifs is 2. The van der Waals surface area contributed by atoms with Gasteiger partial charge in [-0.3, -0.25) is 4.79 Å². The Hall–Kier alpha value is -0.710. The van der Waals surface area contributed by atoms with Crippen molar-refractivity contribution in [2.45, 2.75) is 74.9 Å². The molecule has 1 aromatic rings. The maximum Gasteiger partial charge on any atom is 0.232 e. The molecular formula is C20H31ClN2OS. The van der Waals surface area contributed by atoms with Crippen LogP contribution in [0.25, 0.3) is 0 Å². The van der Waals surface area contributed by atoms with Gasteiger partial charge in [-0.05, 0) is 48.8 Å². The highest BCUT2D eigenvalue weighted by molar-refractivity contribution is 8.00. The molecule has 2 aliphatic rings. The number of thioether (sulfide) groups is 1. The van der Waals surface area contributed by atoms with Gasteiger partial charge >= 0.3 is 0 Å². The van der Waals surface area contributed by atoms with Crippen LogP contribution < -0.4 is 5.32 Å². The summed E-state index contributed by atoms with van der Waals surface area (Å²) in [7, 11) is 1.99. The van der Waals surface area contributed by atoms with E-state index in [0.29, 0.717) is 23.9 Å². The van der Waals surface area contributed by atoms with Crippen molar-refractivity contribution in [3.8, 4) is 0 Å². The Balaban J connectivity index is 0.00000225. The first-order valence-electron chi connectivity index (χ1n) is 9.08. The van der Waals surface area contributed by atoms with Crippen molar-refractivity contribution >= 4 is 30.1 Å². The zero-order chi connectivity index (χ0) is 17.3. The fourth-order valence-corrected chi connectivity index (χ4v) is 4.67. The molecule has 2 aliphatic heterocycles. The van der Waals surface area contributed by atoms with E-state index in [2.05, 4.69) is 50.4 Å². The van der Waals surface area contributed by atoms with Gasteiger partial charge in [0.15, 0.2) is 0 Å². The van der Waals surface area contributed by atoms with E-state index in [1.54, 1.807) is 11.8 Å². The van der Waals surface area contributed by atoms with Crippen LogP contribution in [0.15, 0.2) is 29.2 Å². The van der Waals surface area contributed by atoms with Gasteiger partial charge in [-0.2, -0.15) is 0 Å². The molecule has 1 N–H and O–H groups in total. The Morgan fingerprint density at radius 1 is 1.16 bits per heavy atom. The number of carbonyl (C=O) groups is 1. The van der Waals surface area contributed by atoms with Crippen molar-refractivity contribution in [2.75, 3.05) is 12.8 Å². The molecule has 1 aromatic carbocycles. The molecule has 3 nitrogen and oxygen atoms in total. The third-order valence-corrected chi connectivity index (χ3v) is 6.47. The highest BCUT2D eigenvalue weighted by Crippen LogP contribution is 2.30. The van der Waals surface area contributed by atoms with Crippen LogP contribution in [0.3, 0.4) is 0 Å². The summed E-state index contributed by atoms with van der Waals surface area (Å²) in [5.41, 5.74) is 1.51. The zero-order valence-corrected chi connectivity index (χ0v) is 17.4. The molecule has 5 heteroatoms.